The Morgan fingerprint density at radius 2 is 2.04 bits per heavy atom. The number of ether oxygens (including phenoxy) is 2. The average molecular weight is 349 g/mol. The molecule has 2 aromatic rings. The minimum Gasteiger partial charge on any atom is -0.497 e. The summed E-state index contributed by atoms with van der Waals surface area (Å²) in [6.45, 7) is 1.98. The van der Waals surface area contributed by atoms with Gasteiger partial charge in [-0.25, -0.2) is 4.98 Å². The average Bonchev–Trinajstić information content (AvgIpc) is 2.55. The van der Waals surface area contributed by atoms with E-state index in [0.29, 0.717) is 22.3 Å². The van der Waals surface area contributed by atoms with Gasteiger partial charge in [-0.1, -0.05) is 11.8 Å². The molecule has 1 unspecified atom stereocenters. The van der Waals surface area contributed by atoms with Crippen LogP contribution in [0.15, 0.2) is 40.3 Å². The number of aromatic nitrogens is 2. The molecule has 0 saturated heterocycles. The number of rotatable bonds is 7. The smallest absolute Gasteiger partial charge is 0.251 e. The summed E-state index contributed by atoms with van der Waals surface area (Å²) in [7, 11) is 3.11. The van der Waals surface area contributed by atoms with Crippen LogP contribution in [0.3, 0.4) is 0 Å². The van der Waals surface area contributed by atoms with Gasteiger partial charge in [-0.15, -0.1) is 0 Å². The molecule has 24 heavy (non-hydrogen) atoms. The van der Waals surface area contributed by atoms with E-state index in [1.165, 1.54) is 24.9 Å². The van der Waals surface area contributed by atoms with Gasteiger partial charge in [0.1, 0.15) is 5.75 Å². The van der Waals surface area contributed by atoms with Gasteiger partial charge in [0.2, 0.25) is 5.91 Å². The van der Waals surface area contributed by atoms with Crippen molar-refractivity contribution in [3.63, 3.8) is 0 Å². The fraction of sp³-hybridized carbons (Fsp3) is 0.312. The van der Waals surface area contributed by atoms with Gasteiger partial charge in [0.15, 0.2) is 5.16 Å². The number of H-pyrrole nitrogens is 1. The van der Waals surface area contributed by atoms with Crippen molar-refractivity contribution >= 4 is 23.4 Å². The van der Waals surface area contributed by atoms with E-state index in [4.69, 9.17) is 9.47 Å². The molecule has 2 N–H and O–H groups in total. The zero-order valence-electron chi connectivity index (χ0n) is 13.7. The summed E-state index contributed by atoms with van der Waals surface area (Å²) < 4.78 is 10.0. The second-order valence-corrected chi connectivity index (χ2v) is 6.28. The summed E-state index contributed by atoms with van der Waals surface area (Å²) in [4.78, 5) is 30.7. The summed E-state index contributed by atoms with van der Waals surface area (Å²) in [5.41, 5.74) is 0.914. The van der Waals surface area contributed by atoms with Gasteiger partial charge < -0.3 is 19.8 Å². The van der Waals surface area contributed by atoms with Gasteiger partial charge in [0, 0.05) is 18.9 Å². The number of anilines is 1. The van der Waals surface area contributed by atoms with E-state index in [-0.39, 0.29) is 18.1 Å². The predicted octanol–water partition coefficient (Wildman–Crippen LogP) is 2.04. The maximum absolute atomic E-state index is 12.3. The van der Waals surface area contributed by atoms with Crippen molar-refractivity contribution in [2.45, 2.75) is 23.9 Å². The zero-order chi connectivity index (χ0) is 17.5. The monoisotopic (exact) mass is 349 g/mol. The largest absolute Gasteiger partial charge is 0.497 e. The summed E-state index contributed by atoms with van der Waals surface area (Å²) in [5.74, 6) is 0.525. The Hall–Kier alpha value is -2.32. The van der Waals surface area contributed by atoms with Gasteiger partial charge in [0.25, 0.3) is 5.56 Å². The van der Waals surface area contributed by atoms with Crippen LogP contribution in [0, 0.1) is 0 Å². The van der Waals surface area contributed by atoms with Crippen LogP contribution in [0.5, 0.6) is 5.75 Å². The molecule has 0 aliphatic rings. The summed E-state index contributed by atoms with van der Waals surface area (Å²) >= 11 is 1.17. The number of carbonyl (C=O) groups excluding carboxylic acids is 1. The normalized spacial score (nSPS) is 11.8. The van der Waals surface area contributed by atoms with Crippen molar-refractivity contribution in [1.29, 1.82) is 0 Å². The molecule has 0 radical (unpaired) electrons. The van der Waals surface area contributed by atoms with E-state index in [1.807, 2.05) is 0 Å². The number of carbonyl (C=O) groups is 1. The highest BCUT2D eigenvalue weighted by molar-refractivity contribution is 8.00. The lowest BCUT2D eigenvalue weighted by Gasteiger charge is -2.12. The van der Waals surface area contributed by atoms with E-state index in [1.54, 1.807) is 38.3 Å². The molecule has 1 aromatic heterocycles. The van der Waals surface area contributed by atoms with Crippen LogP contribution in [0.25, 0.3) is 0 Å². The minimum atomic E-state index is -0.437. The third-order valence-corrected chi connectivity index (χ3v) is 4.06. The van der Waals surface area contributed by atoms with Gasteiger partial charge in [-0.05, 0) is 31.2 Å². The van der Waals surface area contributed by atoms with Crippen molar-refractivity contribution in [3.8, 4) is 5.75 Å². The molecule has 8 heteroatoms. The highest BCUT2D eigenvalue weighted by Gasteiger charge is 2.16. The predicted molar refractivity (Wildman–Crippen MR) is 92.5 cm³/mol. The molecule has 1 heterocycles. The van der Waals surface area contributed by atoms with E-state index in [2.05, 4.69) is 15.3 Å². The van der Waals surface area contributed by atoms with E-state index < -0.39 is 5.25 Å². The highest BCUT2D eigenvalue weighted by Crippen LogP contribution is 2.21. The molecule has 0 spiro atoms. The number of thioether (sulfide) groups is 1. The Morgan fingerprint density at radius 1 is 1.33 bits per heavy atom. The van der Waals surface area contributed by atoms with Gasteiger partial charge >= 0.3 is 0 Å². The number of aromatic amines is 1. The summed E-state index contributed by atoms with van der Waals surface area (Å²) in [6.07, 6.45) is 0. The highest BCUT2D eigenvalue weighted by atomic mass is 32.2. The molecular formula is C16H19N3O4S. The van der Waals surface area contributed by atoms with Crippen molar-refractivity contribution in [1.82, 2.24) is 9.97 Å². The van der Waals surface area contributed by atoms with Crippen LogP contribution in [0.1, 0.15) is 12.6 Å². The minimum absolute atomic E-state index is 0.190. The number of hydrogen-bond donors (Lipinski definition) is 2. The quantitative estimate of drug-likeness (QED) is 0.587. The molecule has 7 nitrogen and oxygen atoms in total. The topological polar surface area (TPSA) is 93.3 Å². The SMILES string of the molecule is COCc1cc(=O)[nH]c(SC(C)C(=O)Nc2ccc(OC)cc2)n1. The fourth-order valence-corrected chi connectivity index (χ4v) is 2.73. The fourth-order valence-electron chi connectivity index (χ4n) is 1.90. The summed E-state index contributed by atoms with van der Waals surface area (Å²) in [5, 5.41) is 2.75. The standard InChI is InChI=1S/C16H19N3O4S/c1-10(15(21)17-11-4-6-13(23-3)7-5-11)24-16-18-12(9-22-2)8-14(20)19-16/h4-8,10H,9H2,1-3H3,(H,17,21)(H,18,19,20). The zero-order valence-corrected chi connectivity index (χ0v) is 14.5. The molecule has 1 amide bonds. The molecule has 0 bridgehead atoms. The first-order valence-corrected chi connectivity index (χ1v) is 8.10. The Kier molecular flexibility index (Phi) is 6.39. The molecule has 1 aromatic carbocycles. The second-order valence-electron chi connectivity index (χ2n) is 4.95. The number of hydrogen-bond acceptors (Lipinski definition) is 6. The van der Waals surface area contributed by atoms with Crippen LogP contribution in [0.4, 0.5) is 5.69 Å². The Balaban J connectivity index is 2.01. The van der Waals surface area contributed by atoms with E-state index >= 15 is 0 Å². The third kappa shape index (κ3) is 5.10. The van der Waals surface area contributed by atoms with Crippen LogP contribution in [-0.2, 0) is 16.1 Å². The summed E-state index contributed by atoms with van der Waals surface area (Å²) in [6, 6.07) is 8.41. The number of methoxy groups -OCH3 is 2. The van der Waals surface area contributed by atoms with Gasteiger partial charge in [0.05, 0.1) is 24.7 Å². The van der Waals surface area contributed by atoms with E-state index in [0.717, 1.165) is 0 Å². The maximum Gasteiger partial charge on any atom is 0.251 e. The second kappa shape index (κ2) is 8.51. The molecule has 0 aliphatic heterocycles. The Bertz CT molecular complexity index is 746. The van der Waals surface area contributed by atoms with Crippen molar-refractivity contribution in [2.75, 3.05) is 19.5 Å². The molecular weight excluding hydrogens is 330 g/mol. The number of amides is 1. The van der Waals surface area contributed by atoms with E-state index in [9.17, 15) is 9.59 Å². The molecule has 0 aliphatic carbocycles. The van der Waals surface area contributed by atoms with Gasteiger partial charge in [-0.3, -0.25) is 9.59 Å². The molecule has 0 fully saturated rings. The third-order valence-electron chi connectivity index (χ3n) is 3.08. The van der Waals surface area contributed by atoms with Crippen LogP contribution in [0.2, 0.25) is 0 Å². The van der Waals surface area contributed by atoms with Crippen molar-refractivity contribution in [3.05, 3.63) is 46.4 Å². The lowest BCUT2D eigenvalue weighted by atomic mass is 10.3. The number of nitrogens with one attached hydrogen (secondary N) is 2. The Morgan fingerprint density at radius 3 is 2.67 bits per heavy atom. The molecule has 1 atom stereocenters. The van der Waals surface area contributed by atoms with Crippen LogP contribution >= 0.6 is 11.8 Å². The van der Waals surface area contributed by atoms with Crippen molar-refractivity contribution in [2.24, 2.45) is 0 Å². The van der Waals surface area contributed by atoms with Crippen LogP contribution < -0.4 is 15.6 Å². The Labute approximate surface area is 143 Å². The van der Waals surface area contributed by atoms with Crippen LogP contribution in [-0.4, -0.2) is 35.3 Å². The molecule has 128 valence electrons. The maximum atomic E-state index is 12.3. The lowest BCUT2D eigenvalue weighted by Crippen LogP contribution is -2.23. The number of nitrogens with zero attached hydrogens (tertiary/aromatic N) is 1. The number of benzene rings is 1. The van der Waals surface area contributed by atoms with Crippen molar-refractivity contribution < 1.29 is 14.3 Å². The lowest BCUT2D eigenvalue weighted by molar-refractivity contribution is -0.115. The molecule has 0 saturated carbocycles. The molecule has 2 rings (SSSR count). The first-order valence-electron chi connectivity index (χ1n) is 7.22. The first kappa shape index (κ1) is 18.0. The van der Waals surface area contributed by atoms with Gasteiger partial charge in [-0.2, -0.15) is 0 Å². The first-order chi connectivity index (χ1) is 11.5.